The van der Waals surface area contributed by atoms with Crippen molar-refractivity contribution in [2.45, 2.75) is 32.0 Å². The van der Waals surface area contributed by atoms with E-state index in [-0.39, 0.29) is 5.60 Å². The molecule has 0 bridgehead atoms. The minimum Gasteiger partial charge on any atom is -0.368 e. The summed E-state index contributed by atoms with van der Waals surface area (Å²) in [4.78, 5) is 1.09. The molecule has 0 aliphatic carbocycles. The van der Waals surface area contributed by atoms with Crippen LogP contribution in [-0.2, 0) is 11.3 Å². The van der Waals surface area contributed by atoms with E-state index < -0.39 is 0 Å². The third kappa shape index (κ3) is 2.50. The van der Waals surface area contributed by atoms with Crippen molar-refractivity contribution < 1.29 is 4.74 Å². The molecule has 5 heteroatoms. The molecule has 0 radical (unpaired) electrons. The molecule has 0 amide bonds. The Morgan fingerprint density at radius 1 is 1.71 bits per heavy atom. The van der Waals surface area contributed by atoms with Gasteiger partial charge in [0.15, 0.2) is 0 Å². The average molecular weight is 213 g/mol. The van der Waals surface area contributed by atoms with Crippen LogP contribution in [0.1, 0.15) is 24.6 Å². The monoisotopic (exact) mass is 213 g/mol. The number of hydrogen-bond donors (Lipinski definition) is 1. The third-order valence-electron chi connectivity index (χ3n) is 2.53. The highest BCUT2D eigenvalue weighted by molar-refractivity contribution is 7.05. The quantitative estimate of drug-likeness (QED) is 0.819. The van der Waals surface area contributed by atoms with Crippen molar-refractivity contribution in [1.82, 2.24) is 14.9 Å². The van der Waals surface area contributed by atoms with Crippen LogP contribution in [0.2, 0.25) is 0 Å². The van der Waals surface area contributed by atoms with Gasteiger partial charge in [-0.1, -0.05) is 4.49 Å². The van der Waals surface area contributed by atoms with Crippen molar-refractivity contribution in [2.24, 2.45) is 0 Å². The van der Waals surface area contributed by atoms with Crippen LogP contribution < -0.4 is 5.32 Å². The first kappa shape index (κ1) is 10.0. The van der Waals surface area contributed by atoms with E-state index >= 15 is 0 Å². The second-order valence-corrected chi connectivity index (χ2v) is 4.77. The van der Waals surface area contributed by atoms with Crippen LogP contribution >= 0.6 is 11.5 Å². The Kier molecular flexibility index (Phi) is 3.10. The zero-order valence-corrected chi connectivity index (χ0v) is 9.14. The summed E-state index contributed by atoms with van der Waals surface area (Å²) in [6.45, 7) is 4.85. The number of ether oxygens (including phenoxy) is 1. The van der Waals surface area contributed by atoms with Gasteiger partial charge >= 0.3 is 0 Å². The summed E-state index contributed by atoms with van der Waals surface area (Å²) in [6, 6.07) is 0. The summed E-state index contributed by atoms with van der Waals surface area (Å²) in [5.74, 6) is 0. The number of rotatable bonds is 3. The fourth-order valence-corrected chi connectivity index (χ4v) is 2.05. The first-order valence-corrected chi connectivity index (χ1v) is 5.67. The molecule has 2 rings (SSSR count). The zero-order chi connectivity index (χ0) is 9.86. The van der Waals surface area contributed by atoms with Gasteiger partial charge in [-0.05, 0) is 37.8 Å². The maximum absolute atomic E-state index is 5.88. The van der Waals surface area contributed by atoms with Crippen molar-refractivity contribution in [1.29, 1.82) is 0 Å². The summed E-state index contributed by atoms with van der Waals surface area (Å²) < 4.78 is 9.69. The molecule has 1 saturated heterocycles. The molecular formula is C9H15N3OS. The lowest BCUT2D eigenvalue weighted by molar-refractivity contribution is -0.0561. The molecule has 78 valence electrons. The van der Waals surface area contributed by atoms with E-state index in [1.807, 2.05) is 0 Å². The third-order valence-corrected chi connectivity index (χ3v) is 3.16. The summed E-state index contributed by atoms with van der Waals surface area (Å²) in [5, 5.41) is 7.13. The Balaban J connectivity index is 1.84. The van der Waals surface area contributed by atoms with Crippen LogP contribution in [0, 0.1) is 0 Å². The fourth-order valence-electron chi connectivity index (χ4n) is 1.65. The minimum atomic E-state index is -0.0117. The van der Waals surface area contributed by atoms with Crippen LogP contribution in [0.4, 0.5) is 0 Å². The summed E-state index contributed by atoms with van der Waals surface area (Å²) in [6.07, 6.45) is 4.09. The van der Waals surface area contributed by atoms with Gasteiger partial charge in [-0.3, -0.25) is 0 Å². The predicted octanol–water partition coefficient (Wildman–Crippen LogP) is 1.20. The lowest BCUT2D eigenvalue weighted by Gasteiger charge is -2.33. The van der Waals surface area contributed by atoms with Crippen molar-refractivity contribution in [3.63, 3.8) is 0 Å². The van der Waals surface area contributed by atoms with Crippen LogP contribution in [-0.4, -0.2) is 28.3 Å². The molecule has 1 N–H and O–H groups in total. The normalized spacial score (nSPS) is 27.8. The molecule has 1 aliphatic rings. The standard InChI is InChI=1S/C9H15N3OS/c1-9(3-2-4-10-7-9)13-6-8-5-11-12-14-8/h5,10H,2-4,6-7H2,1H3. The molecule has 1 fully saturated rings. The lowest BCUT2D eigenvalue weighted by atomic mass is 9.96. The highest BCUT2D eigenvalue weighted by atomic mass is 32.1. The van der Waals surface area contributed by atoms with Crippen molar-refractivity contribution in [3.05, 3.63) is 11.1 Å². The van der Waals surface area contributed by atoms with E-state index in [0.717, 1.165) is 24.4 Å². The van der Waals surface area contributed by atoms with E-state index in [0.29, 0.717) is 6.61 Å². The zero-order valence-electron chi connectivity index (χ0n) is 8.32. The molecular weight excluding hydrogens is 198 g/mol. The molecule has 1 aromatic rings. The minimum absolute atomic E-state index is 0.0117. The Morgan fingerprint density at radius 2 is 2.64 bits per heavy atom. The number of nitrogens with zero attached hydrogens (tertiary/aromatic N) is 2. The summed E-state index contributed by atoms with van der Waals surface area (Å²) in [5.41, 5.74) is -0.0117. The molecule has 0 spiro atoms. The van der Waals surface area contributed by atoms with Crippen LogP contribution in [0.15, 0.2) is 6.20 Å². The van der Waals surface area contributed by atoms with Gasteiger partial charge in [0.05, 0.1) is 23.3 Å². The van der Waals surface area contributed by atoms with E-state index in [2.05, 4.69) is 21.8 Å². The molecule has 1 aliphatic heterocycles. The van der Waals surface area contributed by atoms with Crippen LogP contribution in [0.3, 0.4) is 0 Å². The first-order chi connectivity index (χ1) is 6.79. The largest absolute Gasteiger partial charge is 0.368 e. The summed E-state index contributed by atoms with van der Waals surface area (Å²) in [7, 11) is 0. The van der Waals surface area contributed by atoms with Crippen LogP contribution in [0.5, 0.6) is 0 Å². The second-order valence-electron chi connectivity index (χ2n) is 3.90. The van der Waals surface area contributed by atoms with Crippen LogP contribution in [0.25, 0.3) is 0 Å². The van der Waals surface area contributed by atoms with E-state index in [4.69, 9.17) is 4.74 Å². The molecule has 0 saturated carbocycles. The Bertz CT molecular complexity index is 270. The summed E-state index contributed by atoms with van der Waals surface area (Å²) >= 11 is 1.40. The van der Waals surface area contributed by atoms with Gasteiger partial charge in [0, 0.05) is 6.54 Å². The molecule has 4 nitrogen and oxygen atoms in total. The van der Waals surface area contributed by atoms with Gasteiger partial charge in [-0.2, -0.15) is 0 Å². The van der Waals surface area contributed by atoms with Gasteiger partial charge in [-0.15, -0.1) is 5.10 Å². The van der Waals surface area contributed by atoms with E-state index in [9.17, 15) is 0 Å². The Morgan fingerprint density at radius 3 is 3.29 bits per heavy atom. The van der Waals surface area contributed by atoms with Crippen molar-refractivity contribution >= 4 is 11.5 Å². The number of nitrogens with one attached hydrogen (secondary N) is 1. The second kappa shape index (κ2) is 4.33. The maximum Gasteiger partial charge on any atom is 0.0849 e. The van der Waals surface area contributed by atoms with E-state index in [1.165, 1.54) is 18.0 Å². The Hall–Kier alpha value is -0.520. The van der Waals surface area contributed by atoms with Gasteiger partial charge in [0.25, 0.3) is 0 Å². The Labute approximate surface area is 87.8 Å². The van der Waals surface area contributed by atoms with Crippen molar-refractivity contribution in [3.8, 4) is 0 Å². The number of aromatic nitrogens is 2. The highest BCUT2D eigenvalue weighted by Gasteiger charge is 2.27. The van der Waals surface area contributed by atoms with Gasteiger partial charge < -0.3 is 10.1 Å². The van der Waals surface area contributed by atoms with Gasteiger partial charge in [0.2, 0.25) is 0 Å². The molecule has 1 atom stereocenters. The fraction of sp³-hybridized carbons (Fsp3) is 0.778. The van der Waals surface area contributed by atoms with Gasteiger partial charge in [-0.25, -0.2) is 0 Å². The average Bonchev–Trinajstić information content (AvgIpc) is 2.69. The molecule has 0 aromatic carbocycles. The SMILES string of the molecule is CC1(OCc2cnns2)CCCNC1. The molecule has 1 unspecified atom stereocenters. The highest BCUT2D eigenvalue weighted by Crippen LogP contribution is 2.22. The van der Waals surface area contributed by atoms with Gasteiger partial charge in [0.1, 0.15) is 0 Å². The molecule has 2 heterocycles. The van der Waals surface area contributed by atoms with E-state index in [1.54, 1.807) is 6.20 Å². The van der Waals surface area contributed by atoms with Crippen molar-refractivity contribution in [2.75, 3.05) is 13.1 Å². The maximum atomic E-state index is 5.88. The topological polar surface area (TPSA) is 47.0 Å². The molecule has 14 heavy (non-hydrogen) atoms. The first-order valence-electron chi connectivity index (χ1n) is 4.89. The predicted molar refractivity (Wildman–Crippen MR) is 55.2 cm³/mol. The smallest absolute Gasteiger partial charge is 0.0849 e. The number of piperidine rings is 1. The number of hydrogen-bond acceptors (Lipinski definition) is 5. The molecule has 1 aromatic heterocycles. The lowest BCUT2D eigenvalue weighted by Crippen LogP contribution is -2.45.